The number of fused-ring (bicyclic) bond motifs is 1. The monoisotopic (exact) mass is 264 g/mol. The average molecular weight is 264 g/mol. The van der Waals surface area contributed by atoms with E-state index >= 15 is 0 Å². The van der Waals surface area contributed by atoms with E-state index in [2.05, 4.69) is 23.6 Å². The van der Waals surface area contributed by atoms with E-state index in [1.54, 1.807) is 0 Å². The molecule has 1 aliphatic carbocycles. The molecule has 4 atom stereocenters. The van der Waals surface area contributed by atoms with Crippen LogP contribution in [0.3, 0.4) is 0 Å². The van der Waals surface area contributed by atoms with E-state index in [-0.39, 0.29) is 0 Å². The molecule has 4 unspecified atom stereocenters. The Kier molecular flexibility index (Phi) is 4.48. The number of hydrogen-bond acceptors (Lipinski definition) is 2. The molecule has 0 aromatic heterocycles. The highest BCUT2D eigenvalue weighted by Crippen LogP contribution is 2.33. The van der Waals surface area contributed by atoms with Gasteiger partial charge in [-0.15, -0.1) is 0 Å². The Morgan fingerprint density at radius 1 is 0.947 bits per heavy atom. The highest BCUT2D eigenvalue weighted by Gasteiger charge is 2.38. The summed E-state index contributed by atoms with van der Waals surface area (Å²) in [5.74, 6) is 0.959. The topological polar surface area (TPSA) is 6.48 Å². The van der Waals surface area contributed by atoms with Crippen molar-refractivity contribution in [2.75, 3.05) is 19.6 Å². The minimum absolute atomic E-state index is 0.838. The first-order chi connectivity index (χ1) is 9.28. The van der Waals surface area contributed by atoms with Gasteiger partial charge in [0, 0.05) is 31.2 Å². The van der Waals surface area contributed by atoms with Gasteiger partial charge in [-0.05, 0) is 44.6 Å². The van der Waals surface area contributed by atoms with Crippen LogP contribution in [0.25, 0.3) is 0 Å². The van der Waals surface area contributed by atoms with Gasteiger partial charge in [0.2, 0.25) is 0 Å². The van der Waals surface area contributed by atoms with Crippen LogP contribution >= 0.6 is 0 Å². The van der Waals surface area contributed by atoms with Gasteiger partial charge < -0.3 is 0 Å². The van der Waals surface area contributed by atoms with Gasteiger partial charge in [-0.3, -0.25) is 9.80 Å². The second kappa shape index (κ2) is 6.13. The quantitative estimate of drug-likeness (QED) is 0.753. The van der Waals surface area contributed by atoms with E-state index in [4.69, 9.17) is 0 Å². The zero-order valence-electron chi connectivity index (χ0n) is 13.0. The molecule has 0 N–H and O–H groups in total. The Morgan fingerprint density at radius 2 is 1.79 bits per heavy atom. The maximum atomic E-state index is 2.93. The normalized spacial score (nSPS) is 42.0. The molecule has 2 aliphatic heterocycles. The minimum atomic E-state index is 0.838. The lowest BCUT2D eigenvalue weighted by Crippen LogP contribution is -2.62. The summed E-state index contributed by atoms with van der Waals surface area (Å²) in [7, 11) is 0. The highest BCUT2D eigenvalue weighted by atomic mass is 15.3. The predicted molar refractivity (Wildman–Crippen MR) is 81.4 cm³/mol. The molecule has 2 heteroatoms. The van der Waals surface area contributed by atoms with Gasteiger partial charge in [0.1, 0.15) is 0 Å². The molecular weight excluding hydrogens is 232 g/mol. The maximum absolute atomic E-state index is 2.93. The van der Waals surface area contributed by atoms with Gasteiger partial charge in [-0.2, -0.15) is 0 Å². The van der Waals surface area contributed by atoms with Gasteiger partial charge >= 0.3 is 0 Å². The molecule has 3 fully saturated rings. The van der Waals surface area contributed by atoms with Crippen molar-refractivity contribution in [1.82, 2.24) is 9.80 Å². The van der Waals surface area contributed by atoms with Crippen LogP contribution in [0.1, 0.15) is 65.2 Å². The van der Waals surface area contributed by atoms with Gasteiger partial charge in [-0.25, -0.2) is 0 Å². The number of rotatable bonds is 2. The first kappa shape index (κ1) is 13.9. The van der Waals surface area contributed by atoms with Gasteiger partial charge in [-0.1, -0.05) is 33.1 Å². The molecule has 3 aliphatic rings. The third kappa shape index (κ3) is 3.00. The van der Waals surface area contributed by atoms with Crippen molar-refractivity contribution in [1.29, 1.82) is 0 Å². The Hall–Kier alpha value is -0.0800. The van der Waals surface area contributed by atoms with Gasteiger partial charge in [0.05, 0.1) is 0 Å². The van der Waals surface area contributed by atoms with Crippen molar-refractivity contribution >= 4 is 0 Å². The van der Waals surface area contributed by atoms with E-state index in [0.29, 0.717) is 0 Å². The van der Waals surface area contributed by atoms with Crippen LogP contribution in [-0.4, -0.2) is 47.6 Å². The Balaban J connectivity index is 1.68. The average Bonchev–Trinajstić information content (AvgIpc) is 2.46. The summed E-state index contributed by atoms with van der Waals surface area (Å²) in [6, 6.07) is 2.62. The first-order valence-electron chi connectivity index (χ1n) is 8.77. The molecule has 0 radical (unpaired) electrons. The van der Waals surface area contributed by atoms with Crippen LogP contribution in [0.15, 0.2) is 0 Å². The fourth-order valence-electron chi connectivity index (χ4n) is 4.79. The zero-order valence-corrected chi connectivity index (χ0v) is 13.0. The summed E-state index contributed by atoms with van der Waals surface area (Å²) in [5, 5.41) is 0. The fourth-order valence-corrected chi connectivity index (χ4v) is 4.79. The Morgan fingerprint density at radius 3 is 2.58 bits per heavy atom. The van der Waals surface area contributed by atoms with Crippen LogP contribution in [-0.2, 0) is 0 Å². The predicted octanol–water partition coefficient (Wildman–Crippen LogP) is 3.51. The van der Waals surface area contributed by atoms with Crippen molar-refractivity contribution in [2.24, 2.45) is 5.92 Å². The van der Waals surface area contributed by atoms with Crippen LogP contribution in [0, 0.1) is 5.92 Å². The second-order valence-corrected chi connectivity index (χ2v) is 7.33. The molecular formula is C17H32N2. The standard InChI is InChI=1S/C17H32N2/c1-3-15-12-18-10-5-4-8-17(18)13-19(15)16-9-6-7-14(2)11-16/h14-17H,3-13H2,1-2H3. The summed E-state index contributed by atoms with van der Waals surface area (Å²) in [4.78, 5) is 5.74. The van der Waals surface area contributed by atoms with Crippen LogP contribution in [0.4, 0.5) is 0 Å². The second-order valence-electron chi connectivity index (χ2n) is 7.33. The number of hydrogen-bond donors (Lipinski definition) is 0. The maximum Gasteiger partial charge on any atom is 0.0224 e. The van der Waals surface area contributed by atoms with Crippen LogP contribution in [0.5, 0.6) is 0 Å². The van der Waals surface area contributed by atoms with E-state index in [0.717, 1.165) is 24.0 Å². The lowest BCUT2D eigenvalue weighted by molar-refractivity contribution is -0.0275. The summed E-state index contributed by atoms with van der Waals surface area (Å²) >= 11 is 0. The first-order valence-corrected chi connectivity index (χ1v) is 8.77. The molecule has 0 aromatic carbocycles. The van der Waals surface area contributed by atoms with E-state index in [1.807, 2.05) is 0 Å². The molecule has 0 spiro atoms. The molecule has 0 aromatic rings. The molecule has 2 nitrogen and oxygen atoms in total. The third-order valence-electron chi connectivity index (χ3n) is 5.93. The number of nitrogens with zero attached hydrogens (tertiary/aromatic N) is 2. The van der Waals surface area contributed by atoms with Gasteiger partial charge in [0.25, 0.3) is 0 Å². The van der Waals surface area contributed by atoms with E-state index in [9.17, 15) is 0 Å². The molecule has 0 bridgehead atoms. The largest absolute Gasteiger partial charge is 0.298 e. The summed E-state index contributed by atoms with van der Waals surface area (Å²) in [5.41, 5.74) is 0. The van der Waals surface area contributed by atoms with E-state index < -0.39 is 0 Å². The summed E-state index contributed by atoms with van der Waals surface area (Å²) in [6.45, 7) is 8.95. The summed E-state index contributed by atoms with van der Waals surface area (Å²) in [6.07, 6.45) is 11.6. The van der Waals surface area contributed by atoms with Crippen molar-refractivity contribution in [3.05, 3.63) is 0 Å². The molecule has 2 heterocycles. The lowest BCUT2D eigenvalue weighted by atomic mass is 9.84. The number of piperazine rings is 1. The van der Waals surface area contributed by atoms with Crippen molar-refractivity contribution in [3.8, 4) is 0 Å². The Labute approximate surface area is 119 Å². The lowest BCUT2D eigenvalue weighted by Gasteiger charge is -2.52. The SMILES string of the molecule is CCC1CN2CCCCC2CN1C1CCCC(C)C1. The fraction of sp³-hybridized carbons (Fsp3) is 1.00. The van der Waals surface area contributed by atoms with Crippen LogP contribution in [0.2, 0.25) is 0 Å². The van der Waals surface area contributed by atoms with Crippen LogP contribution < -0.4 is 0 Å². The third-order valence-corrected chi connectivity index (χ3v) is 5.93. The highest BCUT2D eigenvalue weighted by molar-refractivity contribution is 4.94. The number of piperidine rings is 1. The van der Waals surface area contributed by atoms with Gasteiger partial charge in [0.15, 0.2) is 0 Å². The molecule has 0 amide bonds. The zero-order chi connectivity index (χ0) is 13.2. The Bertz CT molecular complexity index is 291. The van der Waals surface area contributed by atoms with Crippen molar-refractivity contribution in [3.63, 3.8) is 0 Å². The molecule has 1 saturated carbocycles. The molecule has 19 heavy (non-hydrogen) atoms. The molecule has 3 rings (SSSR count). The smallest absolute Gasteiger partial charge is 0.0224 e. The van der Waals surface area contributed by atoms with Crippen molar-refractivity contribution in [2.45, 2.75) is 83.3 Å². The summed E-state index contributed by atoms with van der Waals surface area (Å²) < 4.78 is 0. The van der Waals surface area contributed by atoms with Crippen molar-refractivity contribution < 1.29 is 0 Å². The molecule has 110 valence electrons. The molecule has 2 saturated heterocycles. The minimum Gasteiger partial charge on any atom is -0.298 e. The van der Waals surface area contributed by atoms with E-state index in [1.165, 1.54) is 71.0 Å².